The maximum Gasteiger partial charge on any atom is 0.345 e. The van der Waals surface area contributed by atoms with Gasteiger partial charge < -0.3 is 14.6 Å². The zero-order chi connectivity index (χ0) is 12.7. The Kier molecular flexibility index (Phi) is 5.84. The fourth-order valence-corrected chi connectivity index (χ4v) is 0.780. The van der Waals surface area contributed by atoms with Gasteiger partial charge in [-0.3, -0.25) is 4.79 Å². The fourth-order valence-electron chi connectivity index (χ4n) is 0.780. The lowest BCUT2D eigenvalue weighted by molar-refractivity contribution is -0.166. The zero-order valence-electron chi connectivity index (χ0n) is 9.19. The molecular formula is C10H14O6. The molecule has 1 unspecified atom stereocenters. The van der Waals surface area contributed by atoms with Crippen LogP contribution in [0.4, 0.5) is 0 Å². The van der Waals surface area contributed by atoms with Crippen LogP contribution in [-0.4, -0.2) is 35.7 Å². The summed E-state index contributed by atoms with van der Waals surface area (Å²) in [4.78, 5) is 32.8. The molecule has 0 aromatic rings. The number of esters is 2. The average molecular weight is 230 g/mol. The molecule has 0 aromatic heterocycles. The summed E-state index contributed by atoms with van der Waals surface area (Å²) in [5, 5.41) is 8.71. The van der Waals surface area contributed by atoms with Crippen LogP contribution >= 0.6 is 0 Å². The molecule has 6 nitrogen and oxygen atoms in total. The zero-order valence-corrected chi connectivity index (χ0v) is 9.19. The second kappa shape index (κ2) is 6.60. The van der Waals surface area contributed by atoms with Crippen LogP contribution in [-0.2, 0) is 23.9 Å². The SMILES string of the molecule is C=C(C)C(=O)OC(CC(=O)OCC)C(=O)O. The van der Waals surface area contributed by atoms with Crippen LogP contribution in [0.2, 0.25) is 0 Å². The number of carbonyl (C=O) groups is 3. The highest BCUT2D eigenvalue weighted by molar-refractivity contribution is 5.90. The van der Waals surface area contributed by atoms with E-state index in [2.05, 4.69) is 16.1 Å². The molecule has 16 heavy (non-hydrogen) atoms. The second-order valence-corrected chi connectivity index (χ2v) is 3.02. The first-order valence-electron chi connectivity index (χ1n) is 4.63. The van der Waals surface area contributed by atoms with Crippen molar-refractivity contribution in [3.05, 3.63) is 12.2 Å². The van der Waals surface area contributed by atoms with Gasteiger partial charge in [-0.25, -0.2) is 9.59 Å². The molecule has 0 radical (unpaired) electrons. The summed E-state index contributed by atoms with van der Waals surface area (Å²) < 4.78 is 9.10. The number of hydrogen-bond acceptors (Lipinski definition) is 5. The summed E-state index contributed by atoms with van der Waals surface area (Å²) in [6.45, 7) is 6.41. The van der Waals surface area contributed by atoms with Gasteiger partial charge in [0.1, 0.15) is 0 Å². The highest BCUT2D eigenvalue weighted by atomic mass is 16.6. The molecular weight excluding hydrogens is 216 g/mol. The minimum atomic E-state index is -1.54. The van der Waals surface area contributed by atoms with Gasteiger partial charge in [-0.1, -0.05) is 6.58 Å². The third-order valence-electron chi connectivity index (χ3n) is 1.53. The number of carboxylic acid groups (broad SMARTS) is 1. The van der Waals surface area contributed by atoms with Gasteiger partial charge in [-0.2, -0.15) is 0 Å². The standard InChI is InChI=1S/C10H14O6/c1-4-15-8(11)5-7(9(12)13)16-10(14)6(2)3/h7H,2,4-5H2,1,3H3,(H,12,13). The highest BCUT2D eigenvalue weighted by Gasteiger charge is 2.26. The molecule has 0 rings (SSSR count). The van der Waals surface area contributed by atoms with Crippen molar-refractivity contribution < 1.29 is 29.0 Å². The van der Waals surface area contributed by atoms with Crippen LogP contribution in [0.25, 0.3) is 0 Å². The molecule has 0 saturated heterocycles. The number of carboxylic acids is 1. The van der Waals surface area contributed by atoms with Gasteiger partial charge in [-0.05, 0) is 13.8 Å². The normalized spacial score (nSPS) is 11.4. The molecule has 0 aliphatic carbocycles. The Hall–Kier alpha value is -1.85. The van der Waals surface area contributed by atoms with E-state index in [1.165, 1.54) is 6.92 Å². The van der Waals surface area contributed by atoms with Crippen molar-refractivity contribution in [3.63, 3.8) is 0 Å². The maximum absolute atomic E-state index is 11.1. The van der Waals surface area contributed by atoms with Gasteiger partial charge in [0.05, 0.1) is 13.0 Å². The quantitative estimate of drug-likeness (QED) is 0.528. The van der Waals surface area contributed by atoms with E-state index in [9.17, 15) is 14.4 Å². The van der Waals surface area contributed by atoms with E-state index in [0.29, 0.717) is 0 Å². The lowest BCUT2D eigenvalue weighted by Crippen LogP contribution is -2.30. The van der Waals surface area contributed by atoms with Crippen LogP contribution in [0.3, 0.4) is 0 Å². The van der Waals surface area contributed by atoms with Crippen LogP contribution in [0, 0.1) is 0 Å². The van der Waals surface area contributed by atoms with Crippen molar-refractivity contribution in [2.75, 3.05) is 6.61 Å². The Labute approximate surface area is 92.8 Å². The summed E-state index contributed by atoms with van der Waals surface area (Å²) >= 11 is 0. The Balaban J connectivity index is 4.40. The molecule has 0 bridgehead atoms. The number of hydrogen-bond donors (Lipinski definition) is 1. The topological polar surface area (TPSA) is 89.9 Å². The monoisotopic (exact) mass is 230 g/mol. The number of aliphatic carboxylic acids is 1. The molecule has 0 aromatic carbocycles. The van der Waals surface area contributed by atoms with Crippen molar-refractivity contribution in [1.29, 1.82) is 0 Å². The summed E-state index contributed by atoms with van der Waals surface area (Å²) in [7, 11) is 0. The molecule has 0 aliphatic heterocycles. The van der Waals surface area contributed by atoms with E-state index in [0.717, 1.165) is 0 Å². The minimum Gasteiger partial charge on any atom is -0.478 e. The van der Waals surface area contributed by atoms with E-state index < -0.39 is 30.4 Å². The molecule has 1 atom stereocenters. The Morgan fingerprint density at radius 3 is 2.31 bits per heavy atom. The molecule has 0 aliphatic rings. The molecule has 90 valence electrons. The van der Waals surface area contributed by atoms with Gasteiger partial charge in [0.15, 0.2) is 0 Å². The lowest BCUT2D eigenvalue weighted by atomic mass is 10.2. The second-order valence-electron chi connectivity index (χ2n) is 3.02. The van der Waals surface area contributed by atoms with Crippen molar-refractivity contribution >= 4 is 17.9 Å². The molecule has 0 spiro atoms. The Morgan fingerprint density at radius 2 is 1.94 bits per heavy atom. The third kappa shape index (κ3) is 5.14. The van der Waals surface area contributed by atoms with Crippen molar-refractivity contribution in [3.8, 4) is 0 Å². The first-order chi connectivity index (χ1) is 7.38. The van der Waals surface area contributed by atoms with Gasteiger partial charge in [-0.15, -0.1) is 0 Å². The smallest absolute Gasteiger partial charge is 0.345 e. The van der Waals surface area contributed by atoms with E-state index in [1.54, 1.807) is 6.92 Å². The predicted molar refractivity (Wildman–Crippen MR) is 53.6 cm³/mol. The number of carbonyl (C=O) groups excluding carboxylic acids is 2. The van der Waals surface area contributed by atoms with Crippen molar-refractivity contribution in [2.24, 2.45) is 0 Å². The number of ether oxygens (including phenoxy) is 2. The van der Waals surface area contributed by atoms with Gasteiger partial charge >= 0.3 is 17.9 Å². The van der Waals surface area contributed by atoms with Crippen LogP contribution in [0.5, 0.6) is 0 Å². The first-order valence-corrected chi connectivity index (χ1v) is 4.63. The van der Waals surface area contributed by atoms with E-state index in [-0.39, 0.29) is 12.2 Å². The first kappa shape index (κ1) is 14.2. The minimum absolute atomic E-state index is 0.0649. The summed E-state index contributed by atoms with van der Waals surface area (Å²) in [6.07, 6.45) is -2.05. The van der Waals surface area contributed by atoms with E-state index >= 15 is 0 Å². The van der Waals surface area contributed by atoms with Crippen LogP contribution < -0.4 is 0 Å². The molecule has 0 heterocycles. The summed E-state index contributed by atoms with van der Waals surface area (Å²) in [5.41, 5.74) is 0.0649. The summed E-state index contributed by atoms with van der Waals surface area (Å²) in [5.74, 6) is -2.98. The Bertz CT molecular complexity index is 306. The molecule has 0 amide bonds. The third-order valence-corrected chi connectivity index (χ3v) is 1.53. The lowest BCUT2D eigenvalue weighted by Gasteiger charge is -2.12. The maximum atomic E-state index is 11.1. The highest BCUT2D eigenvalue weighted by Crippen LogP contribution is 2.05. The van der Waals surface area contributed by atoms with Gasteiger partial charge in [0, 0.05) is 5.57 Å². The summed E-state index contributed by atoms with van der Waals surface area (Å²) in [6, 6.07) is 0. The number of rotatable bonds is 6. The molecule has 0 fully saturated rings. The largest absolute Gasteiger partial charge is 0.478 e. The van der Waals surface area contributed by atoms with E-state index in [4.69, 9.17) is 5.11 Å². The predicted octanol–water partition coefficient (Wildman–Crippen LogP) is 0.512. The van der Waals surface area contributed by atoms with Crippen molar-refractivity contribution in [2.45, 2.75) is 26.4 Å². The van der Waals surface area contributed by atoms with Crippen molar-refractivity contribution in [1.82, 2.24) is 0 Å². The fraction of sp³-hybridized carbons (Fsp3) is 0.500. The Morgan fingerprint density at radius 1 is 1.38 bits per heavy atom. The van der Waals surface area contributed by atoms with E-state index in [1.807, 2.05) is 0 Å². The average Bonchev–Trinajstić information content (AvgIpc) is 2.16. The van der Waals surface area contributed by atoms with Gasteiger partial charge in [0.25, 0.3) is 0 Å². The van der Waals surface area contributed by atoms with Gasteiger partial charge in [0.2, 0.25) is 6.10 Å². The molecule has 0 saturated carbocycles. The molecule has 1 N–H and O–H groups in total. The molecule has 6 heteroatoms. The van der Waals surface area contributed by atoms with Crippen LogP contribution in [0.1, 0.15) is 20.3 Å². The van der Waals surface area contributed by atoms with Crippen LogP contribution in [0.15, 0.2) is 12.2 Å².